The molecule has 0 N–H and O–H groups in total. The summed E-state index contributed by atoms with van der Waals surface area (Å²) >= 11 is 0. The number of rotatable bonds is 41. The first-order valence-corrected chi connectivity index (χ1v) is 23.6. The van der Waals surface area contributed by atoms with Crippen molar-refractivity contribution in [3.63, 3.8) is 0 Å². The number of allylic oxidation sites excluding steroid dienone is 14. The maximum absolute atomic E-state index is 12.8. The molecular weight excluding hydrogens is 751 g/mol. The third kappa shape index (κ3) is 39.9. The smallest absolute Gasteiger partial charge is 0.306 e. The summed E-state index contributed by atoms with van der Waals surface area (Å²) in [7, 11) is 5.39. The van der Waals surface area contributed by atoms with Crippen LogP contribution < -0.4 is 5.11 Å². The molecule has 2 unspecified atom stereocenters. The molecule has 0 saturated heterocycles. The molecule has 0 aromatic heterocycles. The van der Waals surface area contributed by atoms with Crippen molar-refractivity contribution < 1.29 is 38.2 Å². The number of quaternary nitrogens is 1. The first-order valence-electron chi connectivity index (χ1n) is 23.6. The van der Waals surface area contributed by atoms with Crippen molar-refractivity contribution in [2.45, 2.75) is 187 Å². The number of ether oxygens (including phenoxy) is 3. The summed E-state index contributed by atoms with van der Waals surface area (Å²) in [5.41, 5.74) is 0. The fourth-order valence-electron chi connectivity index (χ4n) is 6.41. The molecule has 0 aliphatic carbocycles. The van der Waals surface area contributed by atoms with E-state index in [1.807, 2.05) is 0 Å². The molecule has 342 valence electrons. The number of carbonyl (C=O) groups excluding carboxylic acids is 3. The van der Waals surface area contributed by atoms with E-state index in [1.165, 1.54) is 44.9 Å². The predicted molar refractivity (Wildman–Crippen MR) is 249 cm³/mol. The predicted octanol–water partition coefficient (Wildman–Crippen LogP) is 12.0. The second kappa shape index (κ2) is 42.2. The van der Waals surface area contributed by atoms with Crippen LogP contribution in [0, 0.1) is 0 Å². The third-order valence-corrected chi connectivity index (χ3v) is 10.1. The van der Waals surface area contributed by atoms with Gasteiger partial charge in [-0.05, 0) is 77.0 Å². The summed E-state index contributed by atoms with van der Waals surface area (Å²) in [5, 5.41) is 11.6. The molecule has 0 aliphatic rings. The quantitative estimate of drug-likeness (QED) is 0.0199. The Morgan fingerprint density at radius 2 is 1.00 bits per heavy atom. The van der Waals surface area contributed by atoms with Gasteiger partial charge in [0.1, 0.15) is 12.6 Å². The summed E-state index contributed by atoms with van der Waals surface area (Å²) in [4.78, 5) is 36.9. The molecule has 0 heterocycles. The molecule has 0 saturated carbocycles. The third-order valence-electron chi connectivity index (χ3n) is 10.1. The van der Waals surface area contributed by atoms with Crippen LogP contribution in [0.1, 0.15) is 174 Å². The molecule has 0 rings (SSSR count). The van der Waals surface area contributed by atoms with E-state index < -0.39 is 18.1 Å². The number of nitrogens with zero attached hydrogens (tertiary/aromatic N) is 1. The van der Waals surface area contributed by atoms with Gasteiger partial charge in [0.2, 0.25) is 0 Å². The minimum atomic E-state index is -1.13. The number of carboxylic acid groups (broad SMARTS) is 1. The van der Waals surface area contributed by atoms with Gasteiger partial charge in [-0.25, -0.2) is 0 Å². The lowest BCUT2D eigenvalue weighted by atomic mass is 10.1. The second-order valence-electron chi connectivity index (χ2n) is 16.7. The highest BCUT2D eigenvalue weighted by Crippen LogP contribution is 2.13. The summed E-state index contributed by atoms with van der Waals surface area (Å²) in [6.45, 7) is 4.46. The molecule has 0 spiro atoms. The zero-order chi connectivity index (χ0) is 44.2. The first-order chi connectivity index (χ1) is 29.1. The molecule has 0 amide bonds. The number of carboxylic acids is 1. The van der Waals surface area contributed by atoms with E-state index in [-0.39, 0.29) is 42.7 Å². The lowest BCUT2D eigenvalue weighted by Gasteiger charge is -2.34. The zero-order valence-corrected chi connectivity index (χ0v) is 38.8. The van der Waals surface area contributed by atoms with Gasteiger partial charge in [-0.1, -0.05) is 163 Å². The molecule has 0 aromatic rings. The van der Waals surface area contributed by atoms with Crippen LogP contribution >= 0.6 is 0 Å². The Kier molecular flexibility index (Phi) is 39.8. The van der Waals surface area contributed by atoms with Crippen molar-refractivity contribution in [2.75, 3.05) is 41.0 Å². The number of carbonyl (C=O) groups is 3. The van der Waals surface area contributed by atoms with Gasteiger partial charge in [0.05, 0.1) is 40.3 Å². The molecule has 2 atom stereocenters. The lowest BCUT2D eigenvalue weighted by molar-refractivity contribution is -0.889. The van der Waals surface area contributed by atoms with E-state index in [4.69, 9.17) is 14.2 Å². The van der Waals surface area contributed by atoms with Crippen LogP contribution in [0.15, 0.2) is 85.1 Å². The summed E-state index contributed by atoms with van der Waals surface area (Å²) in [5.74, 6) is -1.78. The highest BCUT2D eigenvalue weighted by molar-refractivity contribution is 5.70. The maximum atomic E-state index is 12.8. The number of likely N-dealkylation sites (N-methyl/N-ethyl adjacent to an activating group) is 1. The van der Waals surface area contributed by atoms with Gasteiger partial charge < -0.3 is 28.6 Å². The van der Waals surface area contributed by atoms with Gasteiger partial charge in [-0.2, -0.15) is 0 Å². The number of unbranched alkanes of at least 4 members (excludes halogenated alkanes) is 15. The van der Waals surface area contributed by atoms with Crippen molar-refractivity contribution in [2.24, 2.45) is 0 Å². The zero-order valence-electron chi connectivity index (χ0n) is 38.8. The van der Waals surface area contributed by atoms with E-state index in [1.54, 1.807) is 21.1 Å². The number of aliphatic carboxylic acids is 1. The Labute approximate surface area is 367 Å². The van der Waals surface area contributed by atoms with Gasteiger partial charge in [0, 0.05) is 19.3 Å². The Morgan fingerprint density at radius 3 is 1.52 bits per heavy atom. The molecular formula is C52H87NO7. The molecule has 0 bridgehead atoms. The average molecular weight is 838 g/mol. The van der Waals surface area contributed by atoms with Crippen molar-refractivity contribution in [1.82, 2.24) is 0 Å². The maximum Gasteiger partial charge on any atom is 0.306 e. The molecule has 0 aromatic carbocycles. The minimum absolute atomic E-state index is 0.0240. The van der Waals surface area contributed by atoms with E-state index >= 15 is 0 Å². The number of hydrogen-bond acceptors (Lipinski definition) is 7. The fourth-order valence-corrected chi connectivity index (χ4v) is 6.41. The molecule has 8 heteroatoms. The standard InChI is InChI=1S/C52H87NO7/c1-6-8-10-12-14-16-18-20-22-23-24-25-26-27-29-31-33-35-37-39-41-43-51(55)60-48(46-58-45-44-49(52(56)57)53(3,4)5)47-59-50(54)42-40-38-36-34-32-30-28-21-19-17-15-13-11-9-7-2/h9,11,13-17,19-20,22,24-25,27,29,48-49H,6-8,10,12,18,21,23,26,28,30-47H2,1-5H3/b11-9+,15-13+,16-14+,19-17+,22-20+,25-24+,29-27+. The van der Waals surface area contributed by atoms with Crippen molar-refractivity contribution >= 4 is 17.9 Å². The highest BCUT2D eigenvalue weighted by atomic mass is 16.6. The van der Waals surface area contributed by atoms with Crippen LogP contribution in [0.3, 0.4) is 0 Å². The fraction of sp³-hybridized carbons (Fsp3) is 0.673. The number of esters is 2. The van der Waals surface area contributed by atoms with Gasteiger partial charge in [0.25, 0.3) is 0 Å². The Hall–Kier alpha value is -3.49. The van der Waals surface area contributed by atoms with Gasteiger partial charge in [-0.15, -0.1) is 0 Å². The topological polar surface area (TPSA) is 102 Å². The van der Waals surface area contributed by atoms with E-state index in [2.05, 4.69) is 98.9 Å². The lowest BCUT2D eigenvalue weighted by Crippen LogP contribution is -2.55. The Balaban J connectivity index is 4.37. The largest absolute Gasteiger partial charge is 0.544 e. The average Bonchev–Trinajstić information content (AvgIpc) is 3.21. The van der Waals surface area contributed by atoms with Crippen LogP contribution in [0.25, 0.3) is 0 Å². The van der Waals surface area contributed by atoms with Crippen molar-refractivity contribution in [3.05, 3.63) is 85.1 Å². The van der Waals surface area contributed by atoms with Gasteiger partial charge in [0.15, 0.2) is 6.10 Å². The van der Waals surface area contributed by atoms with Gasteiger partial charge in [-0.3, -0.25) is 9.59 Å². The van der Waals surface area contributed by atoms with Crippen molar-refractivity contribution in [3.8, 4) is 0 Å². The molecule has 8 nitrogen and oxygen atoms in total. The van der Waals surface area contributed by atoms with Crippen LogP contribution in [0.5, 0.6) is 0 Å². The normalized spacial score (nSPS) is 13.7. The van der Waals surface area contributed by atoms with E-state index in [0.717, 1.165) is 96.3 Å². The second-order valence-corrected chi connectivity index (χ2v) is 16.7. The van der Waals surface area contributed by atoms with E-state index in [9.17, 15) is 19.5 Å². The molecule has 0 aliphatic heterocycles. The summed E-state index contributed by atoms with van der Waals surface area (Å²) in [6, 6.07) is -0.736. The molecule has 0 radical (unpaired) electrons. The van der Waals surface area contributed by atoms with Gasteiger partial charge >= 0.3 is 11.9 Å². The van der Waals surface area contributed by atoms with E-state index in [0.29, 0.717) is 12.8 Å². The van der Waals surface area contributed by atoms with Crippen LogP contribution in [-0.2, 0) is 28.6 Å². The Bertz CT molecular complexity index is 1250. The SMILES string of the molecule is CC/C=C/C=C/C=C/CCCCCCCCCC(=O)OCC(COCCC(C(=O)[O-])[N+](C)(C)C)OC(=O)CCCCCCC/C=C/C/C=C/C/C=C/C/C=C/CCCCC. The van der Waals surface area contributed by atoms with Crippen LogP contribution in [0.2, 0.25) is 0 Å². The minimum Gasteiger partial charge on any atom is -0.544 e. The number of hydrogen-bond donors (Lipinski definition) is 0. The summed E-state index contributed by atoms with van der Waals surface area (Å²) < 4.78 is 17.2. The van der Waals surface area contributed by atoms with Crippen LogP contribution in [0.4, 0.5) is 0 Å². The first kappa shape index (κ1) is 56.5. The van der Waals surface area contributed by atoms with Crippen molar-refractivity contribution in [1.29, 1.82) is 0 Å². The summed E-state index contributed by atoms with van der Waals surface area (Å²) in [6.07, 6.45) is 54.6. The molecule has 0 fully saturated rings. The molecule has 60 heavy (non-hydrogen) atoms. The van der Waals surface area contributed by atoms with Crippen LogP contribution in [-0.4, -0.2) is 75.5 Å². The Morgan fingerprint density at radius 1 is 0.533 bits per heavy atom. The monoisotopic (exact) mass is 838 g/mol. The highest BCUT2D eigenvalue weighted by Gasteiger charge is 2.25.